The quantitative estimate of drug-likeness (QED) is 0.811. The normalized spacial score (nSPS) is 24.6. The van der Waals surface area contributed by atoms with E-state index in [1.807, 2.05) is 11.8 Å². The van der Waals surface area contributed by atoms with Crippen LogP contribution in [0, 0.1) is 0 Å². The van der Waals surface area contributed by atoms with Crippen molar-refractivity contribution in [2.75, 3.05) is 16.8 Å². The minimum atomic E-state index is 0.642. The van der Waals surface area contributed by atoms with Gasteiger partial charge in [-0.05, 0) is 30.1 Å². The number of nitrogens with one attached hydrogen (secondary N) is 1. The van der Waals surface area contributed by atoms with Gasteiger partial charge < -0.3 is 5.32 Å². The predicted molar refractivity (Wildman–Crippen MR) is 76.8 cm³/mol. The van der Waals surface area contributed by atoms with Crippen molar-refractivity contribution in [3.8, 4) is 0 Å². The molecule has 1 saturated heterocycles. The van der Waals surface area contributed by atoms with Gasteiger partial charge >= 0.3 is 0 Å². The molecule has 1 N–H and O–H groups in total. The third-order valence-corrected chi connectivity index (χ3v) is 5.19. The molecule has 1 aromatic carbocycles. The minimum absolute atomic E-state index is 0.642. The van der Waals surface area contributed by atoms with Crippen LogP contribution >= 0.6 is 23.5 Å². The lowest BCUT2D eigenvalue weighted by Crippen LogP contribution is -2.24. The average Bonchev–Trinajstić information content (AvgIpc) is 2.68. The first-order valence-electron chi connectivity index (χ1n) is 5.91. The molecule has 1 aromatic rings. The van der Waals surface area contributed by atoms with E-state index in [9.17, 15) is 0 Å². The molecule has 0 aromatic heterocycles. The number of para-hydroxylation sites is 1. The second-order valence-corrected chi connectivity index (χ2v) is 6.84. The summed E-state index contributed by atoms with van der Waals surface area (Å²) in [5.41, 5.74) is 1.31. The highest BCUT2D eigenvalue weighted by atomic mass is 32.2. The lowest BCUT2D eigenvalue weighted by Gasteiger charge is -2.19. The second kappa shape index (κ2) is 5.87. The van der Waals surface area contributed by atoms with Gasteiger partial charge in [0.05, 0.1) is 0 Å². The van der Waals surface area contributed by atoms with Gasteiger partial charge in [-0.25, -0.2) is 0 Å². The van der Waals surface area contributed by atoms with E-state index >= 15 is 0 Å². The molecule has 1 fully saturated rings. The van der Waals surface area contributed by atoms with Crippen molar-refractivity contribution in [2.24, 2.45) is 0 Å². The monoisotopic (exact) mass is 253 g/mol. The van der Waals surface area contributed by atoms with E-state index in [1.54, 1.807) is 0 Å². The molecular formula is C13H19NS2. The fourth-order valence-corrected chi connectivity index (χ4v) is 3.95. The van der Waals surface area contributed by atoms with Crippen LogP contribution < -0.4 is 5.32 Å². The molecule has 0 amide bonds. The molecule has 1 nitrogen and oxygen atoms in total. The fourth-order valence-electron chi connectivity index (χ4n) is 1.99. The van der Waals surface area contributed by atoms with E-state index in [0.29, 0.717) is 6.04 Å². The zero-order valence-corrected chi connectivity index (χ0v) is 11.5. The Morgan fingerprint density at radius 3 is 2.94 bits per heavy atom. The summed E-state index contributed by atoms with van der Waals surface area (Å²) < 4.78 is 0. The van der Waals surface area contributed by atoms with Gasteiger partial charge in [0, 0.05) is 21.9 Å². The van der Waals surface area contributed by atoms with E-state index in [0.717, 1.165) is 11.0 Å². The molecule has 1 aliphatic rings. The van der Waals surface area contributed by atoms with Gasteiger partial charge in [0.25, 0.3) is 0 Å². The Morgan fingerprint density at radius 2 is 2.25 bits per heavy atom. The largest absolute Gasteiger partial charge is 0.380 e. The van der Waals surface area contributed by atoms with Crippen molar-refractivity contribution in [3.05, 3.63) is 24.3 Å². The number of hydrogen-bond acceptors (Lipinski definition) is 3. The number of thioether (sulfide) groups is 2. The summed E-state index contributed by atoms with van der Waals surface area (Å²) >= 11 is 3.99. The highest BCUT2D eigenvalue weighted by molar-refractivity contribution is 8.00. The van der Waals surface area contributed by atoms with Gasteiger partial charge in [0.2, 0.25) is 0 Å². The topological polar surface area (TPSA) is 12.0 Å². The summed E-state index contributed by atoms with van der Waals surface area (Å²) in [7, 11) is 0. The summed E-state index contributed by atoms with van der Waals surface area (Å²) in [6.45, 7) is 4.53. The van der Waals surface area contributed by atoms with Crippen molar-refractivity contribution in [3.63, 3.8) is 0 Å². The summed E-state index contributed by atoms with van der Waals surface area (Å²) in [6, 6.07) is 9.30. The standard InChI is InChI=1S/C13H19NS2/c1-3-15-13-7-5-4-6-12(13)14-11-8-9-16-10(11)2/h4-7,10-11,14H,3,8-9H2,1-2H3. The van der Waals surface area contributed by atoms with E-state index in [-0.39, 0.29) is 0 Å². The van der Waals surface area contributed by atoms with Gasteiger partial charge in [0.15, 0.2) is 0 Å². The van der Waals surface area contributed by atoms with Crippen LogP contribution in [-0.2, 0) is 0 Å². The van der Waals surface area contributed by atoms with E-state index < -0.39 is 0 Å². The lowest BCUT2D eigenvalue weighted by atomic mass is 10.1. The van der Waals surface area contributed by atoms with E-state index in [2.05, 4.69) is 55.2 Å². The Hall–Kier alpha value is -0.280. The SMILES string of the molecule is CCSc1ccccc1NC1CCSC1C. The second-order valence-electron chi connectivity index (χ2n) is 4.04. The maximum Gasteiger partial charge on any atom is 0.0480 e. The van der Waals surface area contributed by atoms with Crippen LogP contribution in [0.15, 0.2) is 29.2 Å². The Kier molecular flexibility index (Phi) is 4.47. The smallest absolute Gasteiger partial charge is 0.0480 e. The maximum atomic E-state index is 3.70. The minimum Gasteiger partial charge on any atom is -0.380 e. The van der Waals surface area contributed by atoms with Gasteiger partial charge in [-0.2, -0.15) is 11.8 Å². The number of hydrogen-bond donors (Lipinski definition) is 1. The maximum absolute atomic E-state index is 3.70. The van der Waals surface area contributed by atoms with Gasteiger partial charge in [-0.1, -0.05) is 26.0 Å². The molecule has 0 bridgehead atoms. The van der Waals surface area contributed by atoms with Gasteiger partial charge in [-0.3, -0.25) is 0 Å². The predicted octanol–water partition coefficient (Wildman–Crippen LogP) is 4.10. The highest BCUT2D eigenvalue weighted by Crippen LogP contribution is 2.32. The molecule has 1 heterocycles. The van der Waals surface area contributed by atoms with E-state index in [1.165, 1.54) is 22.8 Å². The Labute approximate surface area is 107 Å². The molecule has 0 radical (unpaired) electrons. The number of rotatable bonds is 4. The zero-order valence-electron chi connectivity index (χ0n) is 9.90. The third-order valence-electron chi connectivity index (χ3n) is 2.90. The average molecular weight is 253 g/mol. The Morgan fingerprint density at radius 1 is 1.44 bits per heavy atom. The molecule has 2 rings (SSSR count). The molecular weight excluding hydrogens is 234 g/mol. The van der Waals surface area contributed by atoms with Crippen LogP contribution in [0.25, 0.3) is 0 Å². The first-order chi connectivity index (χ1) is 7.81. The summed E-state index contributed by atoms with van der Waals surface area (Å²) in [4.78, 5) is 1.38. The number of anilines is 1. The Bertz CT molecular complexity index is 340. The zero-order chi connectivity index (χ0) is 11.4. The molecule has 3 heteroatoms. The molecule has 2 atom stereocenters. The molecule has 16 heavy (non-hydrogen) atoms. The first-order valence-corrected chi connectivity index (χ1v) is 7.94. The van der Waals surface area contributed by atoms with Crippen LogP contribution in [0.2, 0.25) is 0 Å². The Balaban J connectivity index is 2.07. The molecule has 0 spiro atoms. The molecule has 0 saturated carbocycles. The lowest BCUT2D eigenvalue weighted by molar-refractivity contribution is 0.722. The van der Waals surface area contributed by atoms with Crippen LogP contribution in [0.4, 0.5) is 5.69 Å². The van der Waals surface area contributed by atoms with Crippen molar-refractivity contribution in [1.29, 1.82) is 0 Å². The third kappa shape index (κ3) is 2.89. The molecule has 2 unspecified atom stereocenters. The molecule has 0 aliphatic carbocycles. The highest BCUT2D eigenvalue weighted by Gasteiger charge is 2.24. The van der Waals surface area contributed by atoms with Crippen LogP contribution in [-0.4, -0.2) is 22.8 Å². The van der Waals surface area contributed by atoms with Crippen molar-refractivity contribution < 1.29 is 0 Å². The number of benzene rings is 1. The van der Waals surface area contributed by atoms with Crippen molar-refractivity contribution in [2.45, 2.75) is 36.5 Å². The summed E-state index contributed by atoms with van der Waals surface area (Å²) in [6.07, 6.45) is 1.29. The summed E-state index contributed by atoms with van der Waals surface area (Å²) in [5, 5.41) is 4.44. The van der Waals surface area contributed by atoms with Gasteiger partial charge in [0.1, 0.15) is 0 Å². The van der Waals surface area contributed by atoms with Gasteiger partial charge in [-0.15, -0.1) is 11.8 Å². The van der Waals surface area contributed by atoms with Crippen LogP contribution in [0.3, 0.4) is 0 Å². The first kappa shape index (κ1) is 12.2. The summed E-state index contributed by atoms with van der Waals surface area (Å²) in [5.74, 6) is 2.43. The van der Waals surface area contributed by atoms with E-state index in [4.69, 9.17) is 0 Å². The van der Waals surface area contributed by atoms with Crippen molar-refractivity contribution in [1.82, 2.24) is 0 Å². The van der Waals surface area contributed by atoms with Crippen molar-refractivity contribution >= 4 is 29.2 Å². The molecule has 88 valence electrons. The molecule has 1 aliphatic heterocycles. The van der Waals surface area contributed by atoms with Crippen LogP contribution in [0.5, 0.6) is 0 Å². The fraction of sp³-hybridized carbons (Fsp3) is 0.538. The van der Waals surface area contributed by atoms with Crippen LogP contribution in [0.1, 0.15) is 20.3 Å².